The Hall–Kier alpha value is -2.01. The molecule has 21 heavy (non-hydrogen) atoms. The first kappa shape index (κ1) is 13.9. The number of rotatable bonds is 5. The van der Waals surface area contributed by atoms with Gasteiger partial charge in [0.1, 0.15) is 5.82 Å². The molecule has 0 bridgehead atoms. The van der Waals surface area contributed by atoms with E-state index in [-0.39, 0.29) is 12.8 Å². The molecule has 0 saturated heterocycles. The Bertz CT molecular complexity index is 643. The number of methoxy groups -OCH3 is 1. The molecule has 1 aromatic heterocycles. The summed E-state index contributed by atoms with van der Waals surface area (Å²) in [6.45, 7) is 5.24. The molecule has 0 aliphatic carbocycles. The highest BCUT2D eigenvalue weighted by molar-refractivity contribution is 5.94. The largest absolute Gasteiger partial charge is 0.454 e. The zero-order valence-corrected chi connectivity index (χ0v) is 12.6. The average Bonchev–Trinajstić information content (AvgIpc) is 2.92. The van der Waals surface area contributed by atoms with Crippen LogP contribution in [-0.4, -0.2) is 31.5 Å². The fourth-order valence-corrected chi connectivity index (χ4v) is 2.43. The maximum absolute atomic E-state index is 5.46. The highest BCUT2D eigenvalue weighted by Crippen LogP contribution is 2.38. The molecule has 2 aromatic rings. The molecule has 0 saturated carbocycles. The first-order chi connectivity index (χ1) is 10.2. The van der Waals surface area contributed by atoms with Crippen molar-refractivity contribution in [2.24, 2.45) is 5.92 Å². The highest BCUT2D eigenvalue weighted by Gasteiger charge is 2.18. The van der Waals surface area contributed by atoms with Crippen LogP contribution in [0.5, 0.6) is 11.5 Å². The van der Waals surface area contributed by atoms with Gasteiger partial charge in [0, 0.05) is 18.7 Å². The van der Waals surface area contributed by atoms with Crippen LogP contribution in [0.25, 0.3) is 10.8 Å². The van der Waals surface area contributed by atoms with E-state index in [9.17, 15) is 0 Å². The van der Waals surface area contributed by atoms with E-state index in [4.69, 9.17) is 14.2 Å². The van der Waals surface area contributed by atoms with Gasteiger partial charge in [0.2, 0.25) is 6.79 Å². The van der Waals surface area contributed by atoms with Crippen LogP contribution in [0, 0.1) is 5.92 Å². The van der Waals surface area contributed by atoms with Gasteiger partial charge < -0.3 is 19.5 Å². The highest BCUT2D eigenvalue weighted by atomic mass is 16.7. The summed E-state index contributed by atoms with van der Waals surface area (Å²) in [6.07, 6.45) is 1.80. The van der Waals surface area contributed by atoms with E-state index in [1.165, 1.54) is 0 Å². The monoisotopic (exact) mass is 288 g/mol. The number of hydrogen-bond donors (Lipinski definition) is 1. The predicted octanol–water partition coefficient (Wildman–Crippen LogP) is 3.05. The number of anilines is 1. The van der Waals surface area contributed by atoms with E-state index in [2.05, 4.69) is 24.1 Å². The van der Waals surface area contributed by atoms with Crippen molar-refractivity contribution in [3.05, 3.63) is 24.4 Å². The fraction of sp³-hybridized carbons (Fsp3) is 0.438. The minimum atomic E-state index is 0.207. The molecule has 1 aliphatic heterocycles. The summed E-state index contributed by atoms with van der Waals surface area (Å²) in [7, 11) is 1.71. The summed E-state index contributed by atoms with van der Waals surface area (Å²) in [5, 5.41) is 5.59. The lowest BCUT2D eigenvalue weighted by atomic mass is 10.0. The van der Waals surface area contributed by atoms with Crippen LogP contribution >= 0.6 is 0 Å². The van der Waals surface area contributed by atoms with Gasteiger partial charge in [0.05, 0.1) is 12.6 Å². The maximum atomic E-state index is 5.46. The number of fused-ring (bicyclic) bond motifs is 2. The first-order valence-corrected chi connectivity index (χ1v) is 7.13. The number of ether oxygens (including phenoxy) is 3. The third kappa shape index (κ3) is 2.74. The zero-order chi connectivity index (χ0) is 14.8. The first-order valence-electron chi connectivity index (χ1n) is 7.13. The molecule has 5 heteroatoms. The Kier molecular flexibility index (Phi) is 3.84. The van der Waals surface area contributed by atoms with Crippen LogP contribution in [0.3, 0.4) is 0 Å². The molecule has 1 unspecified atom stereocenters. The molecule has 1 N–H and O–H groups in total. The lowest BCUT2D eigenvalue weighted by molar-refractivity contribution is 0.171. The Labute approximate surface area is 124 Å². The van der Waals surface area contributed by atoms with E-state index < -0.39 is 0 Å². The number of pyridine rings is 1. The van der Waals surface area contributed by atoms with Gasteiger partial charge in [-0.05, 0) is 29.5 Å². The standard InChI is InChI=1S/C16H20N2O3/c1-10(2)13(8-19-3)18-16-12-7-15-14(20-9-21-15)6-11(12)4-5-17-16/h4-7,10,13H,8-9H2,1-3H3,(H,17,18). The summed E-state index contributed by atoms with van der Waals surface area (Å²) in [6, 6.07) is 6.16. The van der Waals surface area contributed by atoms with Crippen LogP contribution in [0.15, 0.2) is 24.4 Å². The molecule has 0 radical (unpaired) electrons. The molecule has 5 nitrogen and oxygen atoms in total. The van der Waals surface area contributed by atoms with Crippen LogP contribution in [0.1, 0.15) is 13.8 Å². The molecule has 112 valence electrons. The van der Waals surface area contributed by atoms with E-state index in [1.54, 1.807) is 13.3 Å². The van der Waals surface area contributed by atoms with Gasteiger partial charge in [0.15, 0.2) is 11.5 Å². The second kappa shape index (κ2) is 5.77. The summed E-state index contributed by atoms with van der Waals surface area (Å²) >= 11 is 0. The van der Waals surface area contributed by atoms with Crippen LogP contribution in [0.2, 0.25) is 0 Å². The second-order valence-electron chi connectivity index (χ2n) is 5.54. The van der Waals surface area contributed by atoms with E-state index in [0.717, 1.165) is 28.1 Å². The van der Waals surface area contributed by atoms with Crippen LogP contribution in [-0.2, 0) is 4.74 Å². The normalized spacial score (nSPS) is 14.7. The molecule has 0 spiro atoms. The van der Waals surface area contributed by atoms with Gasteiger partial charge in [0.25, 0.3) is 0 Å². The molecule has 1 aromatic carbocycles. The third-order valence-electron chi connectivity index (χ3n) is 3.73. The van der Waals surface area contributed by atoms with Crippen LogP contribution < -0.4 is 14.8 Å². The van der Waals surface area contributed by atoms with Crippen molar-refractivity contribution < 1.29 is 14.2 Å². The van der Waals surface area contributed by atoms with Crippen LogP contribution in [0.4, 0.5) is 5.82 Å². The quantitative estimate of drug-likeness (QED) is 0.916. The predicted molar refractivity (Wildman–Crippen MR) is 82.0 cm³/mol. The second-order valence-corrected chi connectivity index (χ2v) is 5.54. The molecule has 1 atom stereocenters. The Balaban J connectivity index is 1.98. The molecular formula is C16H20N2O3. The smallest absolute Gasteiger partial charge is 0.231 e. The van der Waals surface area contributed by atoms with Crippen molar-refractivity contribution in [1.29, 1.82) is 0 Å². The van der Waals surface area contributed by atoms with Crippen molar-refractivity contribution in [3.63, 3.8) is 0 Å². The minimum absolute atomic E-state index is 0.207. The van der Waals surface area contributed by atoms with Crippen molar-refractivity contribution in [2.75, 3.05) is 25.8 Å². The Morgan fingerprint density at radius 3 is 2.76 bits per heavy atom. The molecular weight excluding hydrogens is 268 g/mol. The van der Waals surface area contributed by atoms with Gasteiger partial charge in [-0.3, -0.25) is 0 Å². The maximum Gasteiger partial charge on any atom is 0.231 e. The number of aromatic nitrogens is 1. The molecule has 0 fully saturated rings. The van der Waals surface area contributed by atoms with Crippen molar-refractivity contribution in [3.8, 4) is 11.5 Å². The van der Waals surface area contributed by atoms with E-state index in [1.807, 2.05) is 18.2 Å². The van der Waals surface area contributed by atoms with Crippen molar-refractivity contribution in [2.45, 2.75) is 19.9 Å². The number of nitrogens with one attached hydrogen (secondary N) is 1. The number of hydrogen-bond acceptors (Lipinski definition) is 5. The summed E-state index contributed by atoms with van der Waals surface area (Å²) in [5.74, 6) is 2.85. The summed E-state index contributed by atoms with van der Waals surface area (Å²) in [4.78, 5) is 4.47. The number of nitrogens with zero attached hydrogens (tertiary/aromatic N) is 1. The van der Waals surface area contributed by atoms with Gasteiger partial charge in [-0.15, -0.1) is 0 Å². The van der Waals surface area contributed by atoms with E-state index in [0.29, 0.717) is 12.5 Å². The third-order valence-corrected chi connectivity index (χ3v) is 3.73. The molecule has 1 aliphatic rings. The molecule has 2 heterocycles. The van der Waals surface area contributed by atoms with E-state index >= 15 is 0 Å². The fourth-order valence-electron chi connectivity index (χ4n) is 2.43. The van der Waals surface area contributed by atoms with Gasteiger partial charge in [-0.1, -0.05) is 13.8 Å². The topological polar surface area (TPSA) is 52.6 Å². The Morgan fingerprint density at radius 1 is 1.29 bits per heavy atom. The van der Waals surface area contributed by atoms with Gasteiger partial charge in [-0.25, -0.2) is 4.98 Å². The lowest BCUT2D eigenvalue weighted by Crippen LogP contribution is -2.30. The number of benzene rings is 1. The summed E-state index contributed by atoms with van der Waals surface area (Å²) in [5.41, 5.74) is 0. The van der Waals surface area contributed by atoms with Gasteiger partial charge in [-0.2, -0.15) is 0 Å². The van der Waals surface area contributed by atoms with Gasteiger partial charge >= 0.3 is 0 Å². The minimum Gasteiger partial charge on any atom is -0.454 e. The SMILES string of the molecule is COCC(Nc1nccc2cc3c(cc12)OCO3)C(C)C. The van der Waals surface area contributed by atoms with Crippen molar-refractivity contribution >= 4 is 16.6 Å². The zero-order valence-electron chi connectivity index (χ0n) is 12.6. The molecule has 0 amide bonds. The Morgan fingerprint density at radius 2 is 2.05 bits per heavy atom. The van der Waals surface area contributed by atoms with Crippen molar-refractivity contribution in [1.82, 2.24) is 4.98 Å². The lowest BCUT2D eigenvalue weighted by Gasteiger charge is -2.22. The summed E-state index contributed by atoms with van der Waals surface area (Å²) < 4.78 is 16.2. The average molecular weight is 288 g/mol. The molecule has 3 rings (SSSR count).